The van der Waals surface area contributed by atoms with Gasteiger partial charge in [-0.2, -0.15) is 0 Å². The van der Waals surface area contributed by atoms with Crippen molar-refractivity contribution in [3.63, 3.8) is 0 Å². The molecule has 0 bridgehead atoms. The zero-order valence-electron chi connectivity index (χ0n) is 10.4. The number of hydrogen-bond donors (Lipinski definition) is 2. The van der Waals surface area contributed by atoms with Crippen molar-refractivity contribution < 1.29 is 0 Å². The largest absolute Gasteiger partial charge is 0.271 e. The van der Waals surface area contributed by atoms with Gasteiger partial charge in [0.25, 0.3) is 0 Å². The Morgan fingerprint density at radius 2 is 1.94 bits per heavy atom. The maximum Gasteiger partial charge on any atom is 0.0581 e. The lowest BCUT2D eigenvalue weighted by Gasteiger charge is -2.21. The lowest BCUT2D eigenvalue weighted by Crippen LogP contribution is -2.32. The lowest BCUT2D eigenvalue weighted by atomic mass is 9.95. The molecule has 2 aliphatic rings. The minimum Gasteiger partial charge on any atom is -0.271 e. The van der Waals surface area contributed by atoms with Crippen molar-refractivity contribution >= 4 is 11.3 Å². The summed E-state index contributed by atoms with van der Waals surface area (Å²) in [6.07, 6.45) is 10.8. The Hall–Kier alpha value is -0.380. The van der Waals surface area contributed by atoms with Crippen LogP contribution in [0.4, 0.5) is 0 Å². The first-order valence-electron chi connectivity index (χ1n) is 6.96. The molecule has 0 radical (unpaired) electrons. The highest BCUT2D eigenvalue weighted by atomic mass is 32.1. The van der Waals surface area contributed by atoms with Gasteiger partial charge in [-0.25, -0.2) is 0 Å². The molecule has 1 aromatic rings. The predicted molar refractivity (Wildman–Crippen MR) is 73.0 cm³/mol. The van der Waals surface area contributed by atoms with Crippen LogP contribution < -0.4 is 11.3 Å². The second-order valence-electron chi connectivity index (χ2n) is 5.49. The summed E-state index contributed by atoms with van der Waals surface area (Å²) < 4.78 is 0. The van der Waals surface area contributed by atoms with E-state index < -0.39 is 0 Å². The van der Waals surface area contributed by atoms with E-state index in [9.17, 15) is 0 Å². The second kappa shape index (κ2) is 5.09. The van der Waals surface area contributed by atoms with Crippen LogP contribution in [-0.4, -0.2) is 0 Å². The zero-order valence-corrected chi connectivity index (χ0v) is 11.2. The third-order valence-electron chi connectivity index (χ3n) is 4.37. The average molecular weight is 250 g/mol. The fourth-order valence-electron chi connectivity index (χ4n) is 3.41. The van der Waals surface area contributed by atoms with Crippen LogP contribution in [0.3, 0.4) is 0 Å². The number of aryl methyl sites for hydroxylation is 2. The first-order chi connectivity index (χ1) is 8.38. The molecule has 1 fully saturated rings. The van der Waals surface area contributed by atoms with E-state index in [-0.39, 0.29) is 0 Å². The van der Waals surface area contributed by atoms with Crippen LogP contribution in [0.1, 0.15) is 59.9 Å². The summed E-state index contributed by atoms with van der Waals surface area (Å²) in [5.41, 5.74) is 4.69. The predicted octanol–water partition coefficient (Wildman–Crippen LogP) is 3.32. The van der Waals surface area contributed by atoms with E-state index in [1.165, 1.54) is 56.2 Å². The molecule has 1 aromatic heterocycles. The summed E-state index contributed by atoms with van der Waals surface area (Å²) in [7, 11) is 0. The number of nitrogens with two attached hydrogens (primary N) is 1. The molecule has 0 amide bonds. The second-order valence-corrected chi connectivity index (χ2v) is 6.66. The summed E-state index contributed by atoms with van der Waals surface area (Å²) in [5, 5.41) is 0. The quantitative estimate of drug-likeness (QED) is 0.638. The van der Waals surface area contributed by atoms with Gasteiger partial charge in [-0.1, -0.05) is 12.8 Å². The Morgan fingerprint density at radius 3 is 2.65 bits per heavy atom. The molecule has 0 saturated heterocycles. The summed E-state index contributed by atoms with van der Waals surface area (Å²) >= 11 is 2.01. The zero-order chi connectivity index (χ0) is 11.7. The molecule has 3 heteroatoms. The van der Waals surface area contributed by atoms with Gasteiger partial charge in [-0.3, -0.25) is 11.3 Å². The van der Waals surface area contributed by atoms with E-state index in [4.69, 9.17) is 5.84 Å². The van der Waals surface area contributed by atoms with Gasteiger partial charge in [-0.15, -0.1) is 11.3 Å². The van der Waals surface area contributed by atoms with Crippen molar-refractivity contribution in [2.24, 2.45) is 11.8 Å². The molecule has 1 saturated carbocycles. The smallest absolute Gasteiger partial charge is 0.0581 e. The van der Waals surface area contributed by atoms with Gasteiger partial charge in [0.2, 0.25) is 0 Å². The van der Waals surface area contributed by atoms with E-state index >= 15 is 0 Å². The van der Waals surface area contributed by atoms with Crippen molar-refractivity contribution in [1.29, 1.82) is 0 Å². The molecular formula is C14H22N2S. The Labute approximate surface area is 108 Å². The van der Waals surface area contributed by atoms with E-state index in [0.29, 0.717) is 6.04 Å². The monoisotopic (exact) mass is 250 g/mol. The maximum atomic E-state index is 5.80. The Morgan fingerprint density at radius 1 is 1.18 bits per heavy atom. The molecule has 94 valence electrons. The summed E-state index contributed by atoms with van der Waals surface area (Å²) in [5.74, 6) is 6.56. The SMILES string of the molecule is NNC(c1cc2c(s1)CCCC2)C1CCCC1. The van der Waals surface area contributed by atoms with Gasteiger partial charge in [0.1, 0.15) is 0 Å². The fraction of sp³-hybridized carbons (Fsp3) is 0.714. The van der Waals surface area contributed by atoms with Crippen LogP contribution in [0.5, 0.6) is 0 Å². The van der Waals surface area contributed by atoms with Crippen LogP contribution in [0.15, 0.2) is 6.07 Å². The summed E-state index contributed by atoms with van der Waals surface area (Å²) in [6.45, 7) is 0. The molecule has 2 nitrogen and oxygen atoms in total. The molecule has 17 heavy (non-hydrogen) atoms. The van der Waals surface area contributed by atoms with Gasteiger partial charge in [0.05, 0.1) is 6.04 Å². The van der Waals surface area contributed by atoms with Crippen molar-refractivity contribution in [2.75, 3.05) is 0 Å². The highest BCUT2D eigenvalue weighted by molar-refractivity contribution is 7.12. The standard InChI is InChI=1S/C14H22N2S/c15-16-14(10-5-1-2-6-10)13-9-11-7-3-4-8-12(11)17-13/h9-10,14,16H,1-8,15H2. The Balaban J connectivity index is 1.83. The van der Waals surface area contributed by atoms with Crippen molar-refractivity contribution in [2.45, 2.75) is 57.4 Å². The molecule has 1 heterocycles. The average Bonchev–Trinajstić information content (AvgIpc) is 2.98. The van der Waals surface area contributed by atoms with Gasteiger partial charge in [0.15, 0.2) is 0 Å². The summed E-state index contributed by atoms with van der Waals surface area (Å²) in [4.78, 5) is 3.12. The van der Waals surface area contributed by atoms with Crippen LogP contribution in [-0.2, 0) is 12.8 Å². The molecule has 1 atom stereocenters. The van der Waals surface area contributed by atoms with Crippen LogP contribution in [0, 0.1) is 5.92 Å². The number of rotatable bonds is 3. The van der Waals surface area contributed by atoms with E-state index in [0.717, 1.165) is 5.92 Å². The summed E-state index contributed by atoms with van der Waals surface area (Å²) in [6, 6.07) is 2.84. The maximum absolute atomic E-state index is 5.80. The number of nitrogens with one attached hydrogen (secondary N) is 1. The Kier molecular flexibility index (Phi) is 3.50. The highest BCUT2D eigenvalue weighted by Crippen LogP contribution is 2.40. The molecule has 1 unspecified atom stereocenters. The molecular weight excluding hydrogens is 228 g/mol. The molecule has 0 aromatic carbocycles. The molecule has 3 N–H and O–H groups in total. The highest BCUT2D eigenvalue weighted by Gasteiger charge is 2.27. The number of fused-ring (bicyclic) bond motifs is 1. The van der Waals surface area contributed by atoms with Crippen molar-refractivity contribution in [1.82, 2.24) is 5.43 Å². The van der Waals surface area contributed by atoms with Gasteiger partial charge < -0.3 is 0 Å². The van der Waals surface area contributed by atoms with Crippen LogP contribution >= 0.6 is 11.3 Å². The molecule has 2 aliphatic carbocycles. The van der Waals surface area contributed by atoms with E-state index in [1.54, 1.807) is 10.4 Å². The number of thiophene rings is 1. The first kappa shape index (κ1) is 11.7. The van der Waals surface area contributed by atoms with Crippen LogP contribution in [0.25, 0.3) is 0 Å². The first-order valence-corrected chi connectivity index (χ1v) is 7.78. The van der Waals surface area contributed by atoms with E-state index in [2.05, 4.69) is 11.5 Å². The topological polar surface area (TPSA) is 38.0 Å². The van der Waals surface area contributed by atoms with Gasteiger partial charge >= 0.3 is 0 Å². The van der Waals surface area contributed by atoms with Crippen molar-refractivity contribution in [3.8, 4) is 0 Å². The lowest BCUT2D eigenvalue weighted by molar-refractivity contribution is 0.378. The molecule has 0 spiro atoms. The number of hydrogen-bond acceptors (Lipinski definition) is 3. The fourth-order valence-corrected chi connectivity index (χ4v) is 4.82. The van der Waals surface area contributed by atoms with Crippen LogP contribution in [0.2, 0.25) is 0 Å². The normalized spacial score (nSPS) is 22.6. The van der Waals surface area contributed by atoms with E-state index in [1.807, 2.05) is 11.3 Å². The third-order valence-corrected chi connectivity index (χ3v) is 5.69. The van der Waals surface area contributed by atoms with Crippen molar-refractivity contribution in [3.05, 3.63) is 21.4 Å². The molecule has 0 aliphatic heterocycles. The van der Waals surface area contributed by atoms with Gasteiger partial charge in [0, 0.05) is 9.75 Å². The molecule has 3 rings (SSSR count). The Bertz CT molecular complexity index is 356. The third kappa shape index (κ3) is 2.28. The van der Waals surface area contributed by atoms with Gasteiger partial charge in [-0.05, 0) is 56.1 Å². The minimum atomic E-state index is 0.410. The number of hydrazine groups is 1. The minimum absolute atomic E-state index is 0.410.